The number of aromatic nitrogens is 3. The maximum atomic E-state index is 13.1. The molecular formula is C23H23N5O3S2. The number of nitrogen functional groups attached to an aromatic ring is 1. The number of thiazole rings is 1. The fraction of sp³-hybridized carbons (Fsp3) is 0.217. The van der Waals surface area contributed by atoms with Crippen molar-refractivity contribution in [1.82, 2.24) is 14.5 Å². The molecule has 0 saturated carbocycles. The van der Waals surface area contributed by atoms with Crippen LogP contribution in [0, 0.1) is 0 Å². The van der Waals surface area contributed by atoms with E-state index in [1.807, 2.05) is 62.4 Å². The van der Waals surface area contributed by atoms with Crippen LogP contribution in [0.4, 0.5) is 10.9 Å². The van der Waals surface area contributed by atoms with Gasteiger partial charge in [-0.2, -0.15) is 4.98 Å². The molecule has 0 fully saturated rings. The molecule has 0 aliphatic rings. The molecule has 2 heterocycles. The number of carbonyl (C=O) groups is 1. The highest BCUT2D eigenvalue weighted by molar-refractivity contribution is 8.00. The van der Waals surface area contributed by atoms with Gasteiger partial charge in [-0.3, -0.25) is 14.2 Å². The summed E-state index contributed by atoms with van der Waals surface area (Å²) in [7, 11) is 0. The van der Waals surface area contributed by atoms with E-state index in [4.69, 9.17) is 10.5 Å². The van der Waals surface area contributed by atoms with Gasteiger partial charge < -0.3 is 15.8 Å². The van der Waals surface area contributed by atoms with Crippen molar-refractivity contribution < 1.29 is 9.53 Å². The number of benzene rings is 2. The number of carbonyl (C=O) groups excluding carboxylic acids is 1. The first-order valence-corrected chi connectivity index (χ1v) is 12.1. The van der Waals surface area contributed by atoms with Crippen molar-refractivity contribution in [1.29, 1.82) is 0 Å². The quantitative estimate of drug-likeness (QED) is 0.284. The normalized spacial score (nSPS) is 11.9. The molecule has 2 aromatic heterocycles. The summed E-state index contributed by atoms with van der Waals surface area (Å²) >= 11 is 2.58. The minimum Gasteiger partial charge on any atom is -0.494 e. The fourth-order valence-electron chi connectivity index (χ4n) is 3.24. The molecule has 0 spiro atoms. The molecule has 1 unspecified atom stereocenters. The lowest BCUT2D eigenvalue weighted by molar-refractivity contribution is -0.115. The molecular weight excluding hydrogens is 458 g/mol. The predicted molar refractivity (Wildman–Crippen MR) is 134 cm³/mol. The molecule has 2 aromatic carbocycles. The van der Waals surface area contributed by atoms with E-state index in [0.29, 0.717) is 23.3 Å². The third kappa shape index (κ3) is 5.18. The standard InChI is InChI=1S/C23H23N5O3S2/c1-3-17(21(30)27-22-25-16-11-10-15(31-4-2)12-18(16)32-22)33-23-26-20(29)13-19(24)28(23)14-8-6-5-7-9-14/h5-13,17H,3-4,24H2,1-2H3,(H,25,27,30). The van der Waals surface area contributed by atoms with Crippen LogP contribution in [-0.2, 0) is 4.79 Å². The van der Waals surface area contributed by atoms with Gasteiger partial charge in [0.1, 0.15) is 11.6 Å². The molecule has 0 aliphatic heterocycles. The summed E-state index contributed by atoms with van der Waals surface area (Å²) < 4.78 is 8.14. The molecule has 8 nitrogen and oxygen atoms in total. The van der Waals surface area contributed by atoms with Crippen molar-refractivity contribution in [3.63, 3.8) is 0 Å². The van der Waals surface area contributed by atoms with Gasteiger partial charge in [0.15, 0.2) is 10.3 Å². The first-order chi connectivity index (χ1) is 16.0. The van der Waals surface area contributed by atoms with Crippen LogP contribution in [0.5, 0.6) is 5.75 Å². The summed E-state index contributed by atoms with van der Waals surface area (Å²) in [6.45, 7) is 4.41. The zero-order valence-corrected chi connectivity index (χ0v) is 19.8. The number of ether oxygens (including phenoxy) is 1. The number of fused-ring (bicyclic) bond motifs is 1. The summed E-state index contributed by atoms with van der Waals surface area (Å²) in [6.07, 6.45) is 0.523. The molecule has 0 radical (unpaired) electrons. The molecule has 33 heavy (non-hydrogen) atoms. The SMILES string of the molecule is CCOc1ccc2nc(NC(=O)C(CC)Sc3nc(=O)cc(N)n3-c3ccccc3)sc2c1. The summed E-state index contributed by atoms with van der Waals surface area (Å²) in [5.74, 6) is 0.804. The number of nitrogens with one attached hydrogen (secondary N) is 1. The highest BCUT2D eigenvalue weighted by Gasteiger charge is 2.23. The number of amides is 1. The largest absolute Gasteiger partial charge is 0.494 e. The molecule has 0 aliphatic carbocycles. The van der Waals surface area contributed by atoms with Crippen molar-refractivity contribution in [3.8, 4) is 11.4 Å². The van der Waals surface area contributed by atoms with E-state index >= 15 is 0 Å². The Kier molecular flexibility index (Phi) is 6.95. The zero-order chi connectivity index (χ0) is 23.4. The van der Waals surface area contributed by atoms with Gasteiger partial charge in [-0.05, 0) is 43.7 Å². The lowest BCUT2D eigenvalue weighted by Gasteiger charge is -2.18. The Labute approximate surface area is 198 Å². The Morgan fingerprint density at radius 3 is 2.70 bits per heavy atom. The van der Waals surface area contributed by atoms with Gasteiger partial charge in [-0.25, -0.2) is 4.98 Å². The number of rotatable bonds is 8. The maximum absolute atomic E-state index is 13.1. The molecule has 10 heteroatoms. The Morgan fingerprint density at radius 1 is 1.18 bits per heavy atom. The Bertz CT molecular complexity index is 1340. The smallest absolute Gasteiger partial charge is 0.275 e. The van der Waals surface area contributed by atoms with Crippen LogP contribution in [-0.4, -0.2) is 32.3 Å². The number of nitrogens with zero attached hydrogens (tertiary/aromatic N) is 3. The topological polar surface area (TPSA) is 112 Å². The second kappa shape index (κ2) is 10.1. The third-order valence-corrected chi connectivity index (χ3v) is 7.00. The fourth-order valence-corrected chi connectivity index (χ4v) is 5.19. The molecule has 1 amide bonds. The van der Waals surface area contributed by atoms with Gasteiger partial charge in [0.25, 0.3) is 5.56 Å². The van der Waals surface area contributed by atoms with Crippen molar-refractivity contribution in [2.75, 3.05) is 17.7 Å². The number of hydrogen-bond donors (Lipinski definition) is 2. The van der Waals surface area contributed by atoms with Gasteiger partial charge in [0.05, 0.1) is 22.1 Å². The van der Waals surface area contributed by atoms with E-state index in [-0.39, 0.29) is 11.7 Å². The number of thioether (sulfide) groups is 1. The van der Waals surface area contributed by atoms with Crippen LogP contribution in [0.3, 0.4) is 0 Å². The van der Waals surface area contributed by atoms with Gasteiger partial charge in [0, 0.05) is 11.8 Å². The highest BCUT2D eigenvalue weighted by Crippen LogP contribution is 2.31. The lowest BCUT2D eigenvalue weighted by atomic mass is 10.3. The molecule has 1 atom stereocenters. The summed E-state index contributed by atoms with van der Waals surface area (Å²) in [5.41, 5.74) is 7.24. The van der Waals surface area contributed by atoms with Crippen LogP contribution in [0.25, 0.3) is 15.9 Å². The highest BCUT2D eigenvalue weighted by atomic mass is 32.2. The second-order valence-corrected chi connectivity index (χ2v) is 9.26. The van der Waals surface area contributed by atoms with Gasteiger partial charge in [-0.15, -0.1) is 0 Å². The van der Waals surface area contributed by atoms with Crippen LogP contribution in [0.1, 0.15) is 20.3 Å². The predicted octanol–water partition coefficient (Wildman–Crippen LogP) is 4.33. The maximum Gasteiger partial charge on any atom is 0.275 e. The van der Waals surface area contributed by atoms with Crippen LogP contribution in [0.2, 0.25) is 0 Å². The van der Waals surface area contributed by atoms with Gasteiger partial charge in [-0.1, -0.05) is 48.2 Å². The number of hydrogen-bond acceptors (Lipinski definition) is 8. The van der Waals surface area contributed by atoms with E-state index in [0.717, 1.165) is 21.7 Å². The molecule has 0 bridgehead atoms. The Morgan fingerprint density at radius 2 is 1.97 bits per heavy atom. The van der Waals surface area contributed by atoms with Crippen molar-refractivity contribution in [3.05, 3.63) is 65.0 Å². The second-order valence-electron chi connectivity index (χ2n) is 7.06. The van der Waals surface area contributed by atoms with E-state index in [1.165, 1.54) is 29.2 Å². The van der Waals surface area contributed by atoms with E-state index < -0.39 is 10.8 Å². The number of para-hydroxylation sites is 1. The molecule has 170 valence electrons. The average Bonchev–Trinajstić information content (AvgIpc) is 3.19. The van der Waals surface area contributed by atoms with Crippen molar-refractivity contribution >= 4 is 50.2 Å². The van der Waals surface area contributed by atoms with Crippen LogP contribution < -0.4 is 21.3 Å². The van der Waals surface area contributed by atoms with Crippen molar-refractivity contribution in [2.45, 2.75) is 30.7 Å². The first kappa shape index (κ1) is 22.8. The molecule has 4 aromatic rings. The third-order valence-electron chi connectivity index (χ3n) is 4.75. The van der Waals surface area contributed by atoms with Crippen LogP contribution >= 0.6 is 23.1 Å². The van der Waals surface area contributed by atoms with Gasteiger partial charge in [0.2, 0.25) is 5.91 Å². The first-order valence-electron chi connectivity index (χ1n) is 10.4. The zero-order valence-electron chi connectivity index (χ0n) is 18.1. The van der Waals surface area contributed by atoms with E-state index in [9.17, 15) is 9.59 Å². The number of nitrogens with two attached hydrogens (primary N) is 1. The average molecular weight is 482 g/mol. The van der Waals surface area contributed by atoms with E-state index in [2.05, 4.69) is 15.3 Å². The van der Waals surface area contributed by atoms with Crippen LogP contribution in [0.15, 0.2) is 64.5 Å². The lowest BCUT2D eigenvalue weighted by Crippen LogP contribution is -2.26. The Hall–Kier alpha value is -3.37. The summed E-state index contributed by atoms with van der Waals surface area (Å²) in [5, 5.41) is 3.27. The monoisotopic (exact) mass is 481 g/mol. The number of anilines is 2. The molecule has 3 N–H and O–H groups in total. The Balaban J connectivity index is 1.58. The minimum absolute atomic E-state index is 0.220. The summed E-state index contributed by atoms with van der Waals surface area (Å²) in [4.78, 5) is 33.8. The molecule has 4 rings (SSSR count). The minimum atomic E-state index is -0.500. The van der Waals surface area contributed by atoms with Gasteiger partial charge >= 0.3 is 0 Å². The van der Waals surface area contributed by atoms with Crippen molar-refractivity contribution in [2.24, 2.45) is 0 Å². The van der Waals surface area contributed by atoms with E-state index in [1.54, 1.807) is 4.57 Å². The molecule has 0 saturated heterocycles. The summed E-state index contributed by atoms with van der Waals surface area (Å²) in [6, 6.07) is 16.3.